The molecule has 1 spiro atoms. The molecule has 1 saturated heterocycles. The van der Waals surface area contributed by atoms with Gasteiger partial charge in [0.2, 0.25) is 0 Å². The Morgan fingerprint density at radius 2 is 2.10 bits per heavy atom. The summed E-state index contributed by atoms with van der Waals surface area (Å²) in [6.07, 6.45) is 2.80. The number of carbonyl (C=O) groups is 3. The van der Waals surface area contributed by atoms with Gasteiger partial charge in [-0.05, 0) is 0 Å². The molecule has 2 unspecified atom stereocenters. The number of nitrogens with zero attached hydrogens (tertiary/aromatic N) is 4. The minimum absolute atomic E-state index is 0.108. The Labute approximate surface area is 116 Å². The van der Waals surface area contributed by atoms with Crippen LogP contribution in [0.4, 0.5) is 10.6 Å². The molecule has 3 rings (SSSR count). The summed E-state index contributed by atoms with van der Waals surface area (Å²) < 4.78 is 1.22. The van der Waals surface area contributed by atoms with Crippen LogP contribution in [0.25, 0.3) is 0 Å². The van der Waals surface area contributed by atoms with Crippen molar-refractivity contribution in [1.29, 1.82) is 0 Å². The number of fused-ring (bicyclic) bond motifs is 1. The molecular formula is C13H17N4O3+. The average molecular weight is 277 g/mol. The first-order valence-electron chi connectivity index (χ1n) is 6.64. The van der Waals surface area contributed by atoms with Crippen LogP contribution in [-0.2, 0) is 11.8 Å². The van der Waals surface area contributed by atoms with Crippen molar-refractivity contribution in [2.24, 2.45) is 7.05 Å². The van der Waals surface area contributed by atoms with Crippen LogP contribution >= 0.6 is 0 Å². The van der Waals surface area contributed by atoms with Crippen molar-refractivity contribution in [3.8, 4) is 0 Å². The number of imidazole rings is 1. The number of Topliss-reactive ketones (excluding diaryl/α,β-unsaturated/α-hetero) is 1. The van der Waals surface area contributed by atoms with Gasteiger partial charge in [0, 0.05) is 33.9 Å². The van der Waals surface area contributed by atoms with Crippen LogP contribution in [0.15, 0.2) is 6.33 Å². The van der Waals surface area contributed by atoms with Crippen LogP contribution in [0.5, 0.6) is 0 Å². The third-order valence-corrected chi connectivity index (χ3v) is 4.42. The van der Waals surface area contributed by atoms with Crippen LogP contribution in [0.2, 0.25) is 0 Å². The molecule has 1 aromatic heterocycles. The topological polar surface area (TPSA) is 72.3 Å². The van der Waals surface area contributed by atoms with Gasteiger partial charge in [-0.3, -0.25) is 4.79 Å². The number of imide groups is 1. The Kier molecular flexibility index (Phi) is 2.59. The maximum absolute atomic E-state index is 12.9. The van der Waals surface area contributed by atoms with Crippen LogP contribution in [-0.4, -0.2) is 51.4 Å². The fourth-order valence-electron chi connectivity index (χ4n) is 3.44. The molecule has 3 heterocycles. The van der Waals surface area contributed by atoms with Gasteiger partial charge in [0.05, 0.1) is 12.9 Å². The molecule has 0 N–H and O–H groups in total. The first-order chi connectivity index (χ1) is 9.41. The number of anilines is 1. The second kappa shape index (κ2) is 3.99. The normalized spacial score (nSPS) is 29.1. The van der Waals surface area contributed by atoms with Crippen molar-refractivity contribution >= 4 is 23.5 Å². The minimum Gasteiger partial charge on any atom is -0.324 e. The summed E-state index contributed by atoms with van der Waals surface area (Å²) in [6.45, 7) is 1.84. The summed E-state index contributed by atoms with van der Waals surface area (Å²) in [5.74, 6) is -0.0375. The second-order valence-corrected chi connectivity index (χ2v) is 5.54. The highest BCUT2D eigenvalue weighted by atomic mass is 16.2. The second-order valence-electron chi connectivity index (χ2n) is 5.54. The summed E-state index contributed by atoms with van der Waals surface area (Å²) >= 11 is 0. The molecule has 1 aromatic rings. The third kappa shape index (κ3) is 1.33. The smallest absolute Gasteiger partial charge is 0.324 e. The minimum atomic E-state index is -0.569. The zero-order valence-electron chi connectivity index (χ0n) is 11.8. The molecule has 2 aliphatic heterocycles. The largest absolute Gasteiger partial charge is 0.433 e. The van der Waals surface area contributed by atoms with Gasteiger partial charge in [-0.2, -0.15) is 4.48 Å². The Hall–Kier alpha value is -2.02. The van der Waals surface area contributed by atoms with E-state index in [0.717, 1.165) is 0 Å². The van der Waals surface area contributed by atoms with Gasteiger partial charge < -0.3 is 4.57 Å². The Bertz CT molecular complexity index is 636. The molecule has 3 amide bonds. The van der Waals surface area contributed by atoms with Crippen molar-refractivity contribution in [3.63, 3.8) is 0 Å². The molecule has 2 aliphatic rings. The lowest BCUT2D eigenvalue weighted by atomic mass is 10.1. The van der Waals surface area contributed by atoms with Crippen LogP contribution < -0.4 is 4.90 Å². The monoisotopic (exact) mass is 277 g/mol. The highest BCUT2D eigenvalue weighted by Gasteiger charge is 2.62. The molecule has 7 heteroatoms. The zero-order chi connectivity index (χ0) is 14.7. The van der Waals surface area contributed by atoms with Gasteiger partial charge in [0.15, 0.2) is 23.3 Å². The summed E-state index contributed by atoms with van der Waals surface area (Å²) in [4.78, 5) is 43.0. The van der Waals surface area contributed by atoms with Gasteiger partial charge in [-0.25, -0.2) is 19.5 Å². The Morgan fingerprint density at radius 1 is 1.40 bits per heavy atom. The zero-order valence-corrected chi connectivity index (χ0v) is 11.8. The van der Waals surface area contributed by atoms with Crippen LogP contribution in [0.3, 0.4) is 0 Å². The first-order valence-corrected chi connectivity index (χ1v) is 6.64. The van der Waals surface area contributed by atoms with Crippen molar-refractivity contribution in [2.45, 2.75) is 25.8 Å². The number of ketones is 1. The number of hydrogen-bond acceptors (Lipinski definition) is 4. The number of carbonyl (C=O) groups excluding carboxylic acids is 3. The SMILES string of the molecule is CC(=O)C1CCC[N+]12C(=O)c1c(ncn1C)N(C)C2=O. The van der Waals surface area contributed by atoms with E-state index in [1.54, 1.807) is 18.7 Å². The predicted octanol–water partition coefficient (Wildman–Crippen LogP) is 0.698. The van der Waals surface area contributed by atoms with E-state index in [1.807, 2.05) is 0 Å². The van der Waals surface area contributed by atoms with Gasteiger partial charge >= 0.3 is 11.9 Å². The quantitative estimate of drug-likeness (QED) is 0.708. The number of rotatable bonds is 1. The van der Waals surface area contributed by atoms with Gasteiger partial charge in [0.1, 0.15) is 0 Å². The van der Waals surface area contributed by atoms with E-state index in [2.05, 4.69) is 4.98 Å². The number of urea groups is 1. The summed E-state index contributed by atoms with van der Waals surface area (Å²) in [5, 5.41) is 0. The van der Waals surface area contributed by atoms with Crippen molar-refractivity contribution < 1.29 is 18.9 Å². The summed E-state index contributed by atoms with van der Waals surface area (Å²) in [7, 11) is 3.33. The van der Waals surface area contributed by atoms with Gasteiger partial charge in [-0.1, -0.05) is 0 Å². The van der Waals surface area contributed by atoms with E-state index in [1.165, 1.54) is 18.2 Å². The molecule has 0 saturated carbocycles. The molecule has 0 aromatic carbocycles. The average Bonchev–Trinajstić information content (AvgIpc) is 2.99. The molecule has 106 valence electrons. The fraction of sp³-hybridized carbons (Fsp3) is 0.538. The lowest BCUT2D eigenvalue weighted by molar-refractivity contribution is -0.769. The highest BCUT2D eigenvalue weighted by molar-refractivity contribution is 6.09. The van der Waals surface area contributed by atoms with Crippen molar-refractivity contribution in [2.75, 3.05) is 18.5 Å². The molecule has 1 fully saturated rings. The predicted molar refractivity (Wildman–Crippen MR) is 70.2 cm³/mol. The fourth-order valence-corrected chi connectivity index (χ4v) is 3.44. The molecule has 0 bridgehead atoms. The number of quaternary nitrogens is 1. The van der Waals surface area contributed by atoms with E-state index >= 15 is 0 Å². The first kappa shape index (κ1) is 13.0. The summed E-state index contributed by atoms with van der Waals surface area (Å²) in [5.41, 5.74) is 0.403. The lowest BCUT2D eigenvalue weighted by Crippen LogP contribution is -2.68. The van der Waals surface area contributed by atoms with Crippen LogP contribution in [0.1, 0.15) is 30.3 Å². The highest BCUT2D eigenvalue weighted by Crippen LogP contribution is 2.38. The molecule has 0 radical (unpaired) electrons. The molecule has 0 aliphatic carbocycles. The van der Waals surface area contributed by atoms with E-state index in [9.17, 15) is 14.4 Å². The molecule has 7 nitrogen and oxygen atoms in total. The van der Waals surface area contributed by atoms with Crippen LogP contribution in [0, 0.1) is 0 Å². The van der Waals surface area contributed by atoms with Gasteiger partial charge in [0.25, 0.3) is 0 Å². The molecule has 2 atom stereocenters. The lowest BCUT2D eigenvalue weighted by Gasteiger charge is -2.38. The number of amides is 3. The Morgan fingerprint density at radius 3 is 2.75 bits per heavy atom. The molecular weight excluding hydrogens is 260 g/mol. The maximum Gasteiger partial charge on any atom is 0.433 e. The van der Waals surface area contributed by atoms with E-state index in [-0.39, 0.29) is 17.7 Å². The number of aryl methyl sites for hydroxylation is 1. The van der Waals surface area contributed by atoms with E-state index in [0.29, 0.717) is 30.9 Å². The van der Waals surface area contributed by atoms with Crippen molar-refractivity contribution in [3.05, 3.63) is 12.0 Å². The standard InChI is InChI=1S/C13H17N4O3/c1-8(18)9-5-4-6-17(9)12(19)10-11(14-7-15(10)2)16(3)13(17)20/h7,9H,4-6H2,1-3H3/q+1. The van der Waals surface area contributed by atoms with E-state index < -0.39 is 10.5 Å². The van der Waals surface area contributed by atoms with Gasteiger partial charge in [-0.15, -0.1) is 0 Å². The number of hydrogen-bond donors (Lipinski definition) is 0. The number of aromatic nitrogens is 2. The van der Waals surface area contributed by atoms with Crippen molar-refractivity contribution in [1.82, 2.24) is 9.55 Å². The Balaban J connectivity index is 2.23. The van der Waals surface area contributed by atoms with E-state index in [4.69, 9.17) is 0 Å². The third-order valence-electron chi connectivity index (χ3n) is 4.42. The maximum atomic E-state index is 12.9. The molecule has 20 heavy (non-hydrogen) atoms. The summed E-state index contributed by atoms with van der Waals surface area (Å²) in [6, 6.07) is -0.917.